The van der Waals surface area contributed by atoms with Crippen LogP contribution < -0.4 is 0 Å². The van der Waals surface area contributed by atoms with E-state index in [0.717, 1.165) is 32.1 Å². The summed E-state index contributed by atoms with van der Waals surface area (Å²) in [7, 11) is 0. The number of Topliss-reactive ketones (excluding diaryl/α,β-unsaturated/α-hetero) is 1. The van der Waals surface area contributed by atoms with Gasteiger partial charge in [-0.15, -0.1) is 0 Å². The Balaban J connectivity index is 2.54. The van der Waals surface area contributed by atoms with Gasteiger partial charge in [0.2, 0.25) is 0 Å². The number of rotatable bonds is 12. The van der Waals surface area contributed by atoms with Crippen LogP contribution in [0.4, 0.5) is 0 Å². The third-order valence-corrected chi connectivity index (χ3v) is 5.29. The van der Waals surface area contributed by atoms with Crippen LogP contribution in [-0.4, -0.2) is 22.6 Å². The number of carbonyl (C=O) groups excluding carboxylic acids is 2. The summed E-state index contributed by atoms with van der Waals surface area (Å²) < 4.78 is 0. The molecule has 1 aliphatic rings. The summed E-state index contributed by atoms with van der Waals surface area (Å²) in [5, 5.41) is 8.62. The first-order chi connectivity index (χ1) is 12.3. The fraction of sp³-hybridized carbons (Fsp3) is 0.682. The second-order valence-corrected chi connectivity index (χ2v) is 7.98. The van der Waals surface area contributed by atoms with Gasteiger partial charge in [-0.25, -0.2) is 0 Å². The zero-order valence-electron chi connectivity index (χ0n) is 16.5. The van der Waals surface area contributed by atoms with E-state index >= 15 is 0 Å². The lowest BCUT2D eigenvalue weighted by Crippen LogP contribution is -2.22. The van der Waals surface area contributed by atoms with Gasteiger partial charge < -0.3 is 5.11 Å². The van der Waals surface area contributed by atoms with Crippen molar-refractivity contribution in [1.82, 2.24) is 0 Å². The Morgan fingerprint density at radius 1 is 1.23 bits per heavy atom. The number of carboxylic acids is 1. The monoisotopic (exact) mass is 362 g/mol. The molecule has 0 bridgehead atoms. The van der Waals surface area contributed by atoms with Crippen molar-refractivity contribution in [3.05, 3.63) is 24.3 Å². The van der Waals surface area contributed by atoms with Crippen LogP contribution in [0.15, 0.2) is 24.3 Å². The van der Waals surface area contributed by atoms with Crippen molar-refractivity contribution in [3.8, 4) is 0 Å². The molecule has 0 spiro atoms. The number of unbranched alkanes of at least 4 members (excludes halogenated alkanes) is 2. The van der Waals surface area contributed by atoms with Gasteiger partial charge in [0, 0.05) is 24.2 Å². The number of hydrogen-bond acceptors (Lipinski definition) is 3. The Hall–Kier alpha value is -1.71. The van der Waals surface area contributed by atoms with Crippen LogP contribution in [0, 0.1) is 17.3 Å². The molecule has 2 atom stereocenters. The SMILES string of the molecule is CCCCC(C)(C)C(=O)/C=C/C1CCC(=O)C1C/C=C\CCCC(=O)O. The summed E-state index contributed by atoms with van der Waals surface area (Å²) in [6.07, 6.45) is 14.2. The lowest BCUT2D eigenvalue weighted by Gasteiger charge is -2.21. The van der Waals surface area contributed by atoms with Gasteiger partial charge in [0.15, 0.2) is 5.78 Å². The summed E-state index contributed by atoms with van der Waals surface area (Å²) in [5.41, 5.74) is -0.339. The van der Waals surface area contributed by atoms with E-state index in [1.54, 1.807) is 6.08 Å². The van der Waals surface area contributed by atoms with Crippen molar-refractivity contribution < 1.29 is 19.5 Å². The molecule has 4 heteroatoms. The fourth-order valence-electron chi connectivity index (χ4n) is 3.38. The zero-order valence-corrected chi connectivity index (χ0v) is 16.5. The van der Waals surface area contributed by atoms with Crippen LogP contribution in [0.5, 0.6) is 0 Å². The molecule has 0 aliphatic heterocycles. The predicted octanol–water partition coefficient (Wildman–Crippen LogP) is 5.12. The average Bonchev–Trinajstić information content (AvgIpc) is 2.93. The van der Waals surface area contributed by atoms with E-state index < -0.39 is 5.97 Å². The maximum absolute atomic E-state index is 12.5. The fourth-order valence-corrected chi connectivity index (χ4v) is 3.38. The van der Waals surface area contributed by atoms with Crippen molar-refractivity contribution in [1.29, 1.82) is 0 Å². The van der Waals surface area contributed by atoms with Crippen molar-refractivity contribution >= 4 is 17.5 Å². The van der Waals surface area contributed by atoms with Gasteiger partial charge in [-0.05, 0) is 44.1 Å². The Morgan fingerprint density at radius 3 is 2.62 bits per heavy atom. The maximum Gasteiger partial charge on any atom is 0.303 e. The third kappa shape index (κ3) is 7.67. The van der Waals surface area contributed by atoms with E-state index in [0.29, 0.717) is 19.3 Å². The summed E-state index contributed by atoms with van der Waals surface area (Å²) in [5.74, 6) is -0.271. The van der Waals surface area contributed by atoms with Crippen molar-refractivity contribution in [2.24, 2.45) is 17.3 Å². The number of carbonyl (C=O) groups is 3. The second kappa shape index (κ2) is 11.1. The van der Waals surface area contributed by atoms with Crippen LogP contribution >= 0.6 is 0 Å². The molecule has 0 aromatic heterocycles. The number of aliphatic carboxylic acids is 1. The van der Waals surface area contributed by atoms with Crippen molar-refractivity contribution in [3.63, 3.8) is 0 Å². The van der Waals surface area contributed by atoms with Gasteiger partial charge in [-0.3, -0.25) is 14.4 Å². The minimum atomic E-state index is -0.777. The Morgan fingerprint density at radius 2 is 1.96 bits per heavy atom. The Labute approximate surface area is 157 Å². The van der Waals surface area contributed by atoms with E-state index in [1.165, 1.54) is 0 Å². The largest absolute Gasteiger partial charge is 0.481 e. The van der Waals surface area contributed by atoms with Crippen LogP contribution in [0.25, 0.3) is 0 Å². The first kappa shape index (κ1) is 22.3. The Bertz CT molecular complexity index is 542. The highest BCUT2D eigenvalue weighted by molar-refractivity contribution is 5.94. The molecular formula is C22H34O4. The second-order valence-electron chi connectivity index (χ2n) is 7.98. The lowest BCUT2D eigenvalue weighted by molar-refractivity contribution is -0.137. The van der Waals surface area contributed by atoms with Crippen LogP contribution in [0.2, 0.25) is 0 Å². The highest BCUT2D eigenvalue weighted by atomic mass is 16.4. The molecule has 26 heavy (non-hydrogen) atoms. The van der Waals surface area contributed by atoms with Crippen LogP contribution in [-0.2, 0) is 14.4 Å². The molecule has 0 radical (unpaired) electrons. The summed E-state index contributed by atoms with van der Waals surface area (Å²) in [6, 6.07) is 0. The molecule has 0 amide bonds. The first-order valence-electron chi connectivity index (χ1n) is 9.90. The Kier molecular flexibility index (Phi) is 9.53. The normalized spacial score (nSPS) is 21.1. The first-order valence-corrected chi connectivity index (χ1v) is 9.90. The number of hydrogen-bond donors (Lipinski definition) is 1. The highest BCUT2D eigenvalue weighted by Gasteiger charge is 2.32. The molecule has 0 aromatic rings. The maximum atomic E-state index is 12.5. The smallest absolute Gasteiger partial charge is 0.303 e. The van der Waals surface area contributed by atoms with Gasteiger partial charge >= 0.3 is 5.97 Å². The molecule has 1 N–H and O–H groups in total. The standard InChI is InChI=1S/C22H34O4/c1-4-5-16-22(2,3)20(24)15-13-17-12-14-19(23)18(17)10-8-6-7-9-11-21(25)26/h6,8,13,15,17-18H,4-5,7,9-12,14,16H2,1-3H3,(H,25,26)/b8-6-,15-13+. The highest BCUT2D eigenvalue weighted by Crippen LogP contribution is 2.33. The molecule has 1 aliphatic carbocycles. The predicted molar refractivity (Wildman–Crippen MR) is 104 cm³/mol. The van der Waals surface area contributed by atoms with E-state index in [-0.39, 0.29) is 35.2 Å². The molecule has 0 heterocycles. The summed E-state index contributed by atoms with van der Waals surface area (Å²) >= 11 is 0. The molecule has 1 rings (SSSR count). The zero-order chi connectivity index (χ0) is 19.6. The van der Waals surface area contributed by atoms with Crippen molar-refractivity contribution in [2.45, 2.75) is 78.6 Å². The van der Waals surface area contributed by atoms with Crippen LogP contribution in [0.3, 0.4) is 0 Å². The van der Waals surface area contributed by atoms with Gasteiger partial charge in [-0.1, -0.05) is 51.8 Å². The van der Waals surface area contributed by atoms with Crippen molar-refractivity contribution in [2.75, 3.05) is 0 Å². The molecule has 1 saturated carbocycles. The molecule has 1 fully saturated rings. The van der Waals surface area contributed by atoms with Gasteiger partial charge in [0.1, 0.15) is 5.78 Å². The molecule has 2 unspecified atom stereocenters. The number of carboxylic acid groups (broad SMARTS) is 1. The minimum absolute atomic E-state index is 0.0477. The van der Waals surface area contributed by atoms with Gasteiger partial charge in [0.25, 0.3) is 0 Å². The van der Waals surface area contributed by atoms with Gasteiger partial charge in [0.05, 0.1) is 0 Å². The number of ketones is 2. The third-order valence-electron chi connectivity index (χ3n) is 5.29. The van der Waals surface area contributed by atoms with E-state index in [2.05, 4.69) is 6.92 Å². The molecule has 0 aromatic carbocycles. The number of allylic oxidation sites excluding steroid dienone is 4. The minimum Gasteiger partial charge on any atom is -0.481 e. The molecule has 146 valence electrons. The quantitative estimate of drug-likeness (QED) is 0.297. The molecular weight excluding hydrogens is 328 g/mol. The van der Waals surface area contributed by atoms with E-state index in [9.17, 15) is 14.4 Å². The van der Waals surface area contributed by atoms with E-state index in [4.69, 9.17) is 5.11 Å². The summed E-state index contributed by atoms with van der Waals surface area (Å²) in [4.78, 5) is 35.1. The van der Waals surface area contributed by atoms with Crippen LogP contribution in [0.1, 0.15) is 78.6 Å². The average molecular weight is 363 g/mol. The molecule has 4 nitrogen and oxygen atoms in total. The van der Waals surface area contributed by atoms with Gasteiger partial charge in [-0.2, -0.15) is 0 Å². The molecule has 0 saturated heterocycles. The topological polar surface area (TPSA) is 71.4 Å². The lowest BCUT2D eigenvalue weighted by atomic mass is 9.82. The summed E-state index contributed by atoms with van der Waals surface area (Å²) in [6.45, 7) is 6.11. The van der Waals surface area contributed by atoms with E-state index in [1.807, 2.05) is 32.1 Å².